The molecule has 0 heterocycles. The van der Waals surface area contributed by atoms with Gasteiger partial charge in [-0.3, -0.25) is 47.9 Å². The third-order valence-corrected chi connectivity index (χ3v) is 28.8. The van der Waals surface area contributed by atoms with Gasteiger partial charge in [-0.05, 0) is 196 Å². The van der Waals surface area contributed by atoms with Crippen LogP contribution in [-0.4, -0.2) is 111 Å². The van der Waals surface area contributed by atoms with Gasteiger partial charge in [-0.2, -0.15) is 0 Å². The minimum Gasteiger partial charge on any atom is -0.481 e. The Hall–Kier alpha value is -13.6. The number of hydrogen-bond donors (Lipinski definition) is 10. The Kier molecular flexibility index (Phi) is 14.5. The molecule has 0 aromatic heterocycles. The van der Waals surface area contributed by atoms with E-state index < -0.39 is 186 Å². The van der Waals surface area contributed by atoms with Gasteiger partial charge in [0.2, 0.25) is 0 Å². The highest BCUT2D eigenvalue weighted by molar-refractivity contribution is 6.15. The van der Waals surface area contributed by atoms with E-state index in [0.717, 1.165) is 161 Å². The Morgan fingerprint density at radius 1 is 0.222 bits per heavy atom. The lowest BCUT2D eigenvalue weighted by atomic mass is 9.34. The lowest BCUT2D eigenvalue weighted by Gasteiger charge is -2.66. The lowest BCUT2D eigenvalue weighted by molar-refractivity contribution is -0.141. The molecule has 0 unspecified atom stereocenters. The average molecular weight is 1560 g/mol. The Morgan fingerprint density at radius 2 is 0.385 bits per heavy atom. The predicted octanol–water partition coefficient (Wildman–Crippen LogP) is 15.8. The topological polar surface area (TPSA) is 373 Å². The van der Waals surface area contributed by atoms with Crippen LogP contribution in [0, 0.1) is 5.41 Å². The third-order valence-electron chi connectivity index (χ3n) is 28.8. The second kappa shape index (κ2) is 23.8. The van der Waals surface area contributed by atoms with E-state index in [9.17, 15) is 99.0 Å². The van der Waals surface area contributed by atoms with Crippen molar-refractivity contribution in [2.24, 2.45) is 5.41 Å². The molecular weight excluding hydrogens is 1490 g/mol. The Labute approximate surface area is 666 Å². The molecule has 0 aliphatic heterocycles. The van der Waals surface area contributed by atoms with Crippen molar-refractivity contribution in [1.82, 2.24) is 0 Å². The molecule has 21 rings (SSSR count). The molecular formula is C97H70O20. The molecule has 0 spiro atoms. The summed E-state index contributed by atoms with van der Waals surface area (Å²) in [4.78, 5) is 129. The summed E-state index contributed by atoms with van der Waals surface area (Å²) in [6.07, 6.45) is -4.73. The van der Waals surface area contributed by atoms with Crippen LogP contribution in [0.4, 0.5) is 0 Å². The zero-order valence-electron chi connectivity index (χ0n) is 62.5. The van der Waals surface area contributed by atoms with Gasteiger partial charge in [-0.1, -0.05) is 189 Å². The van der Waals surface area contributed by atoms with E-state index in [0.29, 0.717) is 27.8 Å². The molecule has 0 radical (unpaired) electrons. The number of allylic oxidation sites excluding steroid dienone is 4. The summed E-state index contributed by atoms with van der Waals surface area (Å²) < 4.78 is 0. The van der Waals surface area contributed by atoms with Gasteiger partial charge in [0.05, 0.1) is 91.3 Å². The van der Waals surface area contributed by atoms with Gasteiger partial charge in [0.15, 0.2) is 0 Å². The first-order chi connectivity index (χ1) is 56.2. The van der Waals surface area contributed by atoms with E-state index in [1.54, 1.807) is 0 Å². The summed E-state index contributed by atoms with van der Waals surface area (Å²) in [6.45, 7) is 2.22. The van der Waals surface area contributed by atoms with Gasteiger partial charge < -0.3 is 51.1 Å². The fraction of sp³-hybridized carbons (Fsp3) is 0.237. The van der Waals surface area contributed by atoms with Crippen molar-refractivity contribution in [3.63, 3.8) is 0 Å². The summed E-state index contributed by atoms with van der Waals surface area (Å²) in [6, 6.07) is 61.1. The molecule has 578 valence electrons. The molecule has 0 amide bonds. The average Bonchev–Trinajstić information content (AvgIpc) is 1.39. The minimum absolute atomic E-state index is 0.282. The molecule has 11 aliphatic rings. The van der Waals surface area contributed by atoms with E-state index >= 15 is 0 Å². The Balaban J connectivity index is 1.02. The number of fused-ring (bicyclic) bond motifs is 5. The van der Waals surface area contributed by atoms with Crippen LogP contribution in [0.5, 0.6) is 0 Å². The van der Waals surface area contributed by atoms with Crippen molar-refractivity contribution < 1.29 is 99.0 Å². The van der Waals surface area contributed by atoms with Gasteiger partial charge in [-0.25, -0.2) is 0 Å². The summed E-state index contributed by atoms with van der Waals surface area (Å²) in [5, 5.41) is 105. The molecule has 0 saturated carbocycles. The third kappa shape index (κ3) is 8.36. The monoisotopic (exact) mass is 1550 g/mol. The van der Waals surface area contributed by atoms with E-state index in [1.165, 1.54) is 0 Å². The quantitative estimate of drug-likeness (QED) is 0.0193. The van der Waals surface area contributed by atoms with Crippen molar-refractivity contribution in [2.75, 3.05) is 0 Å². The zero-order chi connectivity index (χ0) is 81.3. The summed E-state index contributed by atoms with van der Waals surface area (Å²) in [5.74, 6) is -16.8. The minimum atomic E-state index is -1.43. The van der Waals surface area contributed by atoms with E-state index in [4.69, 9.17) is 0 Å². The fourth-order valence-electron chi connectivity index (χ4n) is 25.7. The highest BCUT2D eigenvalue weighted by Crippen LogP contribution is 2.93. The standard InChI is InChI=1S/C97H70O20/c1-2-92-90-88-89-91(92)96(56-19-9-46(10-20-56)51(39-74(110)111)40-75(112)113)83-63-28-26-61-59-24-23-58-60-25-27-62-64-29-31-66-67-32-30-65(63)85(96)87(67)97(92,57-21-11-47(12-22-57)52(41-76(114)115)42-77(116)117)86(66)84(64)95(90,55-17-7-45(8-18-55)50(37-72(106)107)38-73(108)109)82(62)80(60)93(88,53-13-3-43(4-14-53)48(33-68(98)99)34-69(100)101)78(58)79(59)94(89,81(61)83)54-15-5-44(6-16-54)49(35-70(102)103)36-71(104)105/h3-32,48-52H,2,33-42H2,1H3,(H,98,99)(H,100,101)(H,102,103)(H,104,105)(H,106,107)(H,108,109)(H,110,111)(H,112,113)(H,114,115)(H,116,117)/t92-,93+,94-,95+,96-,97+. The van der Waals surface area contributed by atoms with Gasteiger partial charge in [0.25, 0.3) is 0 Å². The van der Waals surface area contributed by atoms with Crippen molar-refractivity contribution in [3.05, 3.63) is 316 Å². The number of rotatable bonds is 31. The van der Waals surface area contributed by atoms with Gasteiger partial charge in [0.1, 0.15) is 0 Å². The molecule has 11 aliphatic carbocycles. The van der Waals surface area contributed by atoms with Crippen LogP contribution in [0.2, 0.25) is 0 Å². The smallest absolute Gasteiger partial charge is 0.303 e. The highest BCUT2D eigenvalue weighted by Gasteiger charge is 2.86. The number of hydrogen-bond acceptors (Lipinski definition) is 10. The van der Waals surface area contributed by atoms with Gasteiger partial charge in [0, 0.05) is 35.0 Å². The number of carboxylic acid groups (broad SMARTS) is 10. The van der Waals surface area contributed by atoms with Crippen LogP contribution < -0.4 is 0 Å². The Bertz CT molecular complexity index is 6070. The molecule has 10 aromatic rings. The van der Waals surface area contributed by atoms with Crippen LogP contribution in [0.1, 0.15) is 218 Å². The molecule has 0 saturated heterocycles. The second-order valence-corrected chi connectivity index (χ2v) is 33.6. The van der Waals surface area contributed by atoms with Crippen LogP contribution in [-0.2, 0) is 75.0 Å². The second-order valence-electron chi connectivity index (χ2n) is 33.6. The molecule has 0 fully saturated rings. The van der Waals surface area contributed by atoms with Crippen molar-refractivity contribution >= 4 is 59.7 Å². The molecule has 0 bridgehead atoms. The molecule has 10 aromatic carbocycles. The molecule has 20 heteroatoms. The maximum atomic E-state index is 12.9. The van der Waals surface area contributed by atoms with Crippen molar-refractivity contribution in [1.29, 1.82) is 0 Å². The van der Waals surface area contributed by atoms with Crippen LogP contribution in [0.25, 0.3) is 55.6 Å². The summed E-state index contributed by atoms with van der Waals surface area (Å²) in [5.41, 5.74) is 19.7. The number of aliphatic carboxylic acids is 10. The maximum absolute atomic E-state index is 12.9. The van der Waals surface area contributed by atoms with Crippen LogP contribution in [0.3, 0.4) is 0 Å². The SMILES string of the molecule is CC[C@]12C3=C4C5=C1[C@@]1(c6ccc(C(CC(=O)O)CC(=O)O)cc6)c6c7ccc8c6[C@]5(c5ccc(C(CC(=O)O)CC(=O)O)cc5)c5c-8ccc6c5[C@]4(c4ccc(C(CC(=O)O)CC(=O)O)cc4)c4c-6ccc5c4[C@]3(c3ccc(C(CC(=O)O)CC(=O)O)cc3)c3c-5ccc4c3[C@]2(c2ccc(C(CC(=O)O)CC(=O)O)cc2)c2c-4ccc-7c21. The molecule has 6 atom stereocenters. The van der Waals surface area contributed by atoms with E-state index in [-0.39, 0.29) is 6.42 Å². The molecule has 117 heavy (non-hydrogen) atoms. The predicted molar refractivity (Wildman–Crippen MR) is 422 cm³/mol. The fourth-order valence-corrected chi connectivity index (χ4v) is 25.7. The highest BCUT2D eigenvalue weighted by atomic mass is 16.4. The first kappa shape index (κ1) is 71.2. The Morgan fingerprint density at radius 3 is 0.573 bits per heavy atom. The first-order valence-electron chi connectivity index (χ1n) is 39.3. The normalized spacial score (nSPS) is 21.9. The number of benzene rings is 10. The van der Waals surface area contributed by atoms with Crippen LogP contribution in [0.15, 0.2) is 204 Å². The zero-order valence-corrected chi connectivity index (χ0v) is 62.5. The largest absolute Gasteiger partial charge is 0.481 e. The number of carbonyl (C=O) groups is 10. The molecule has 20 nitrogen and oxygen atoms in total. The van der Waals surface area contributed by atoms with E-state index in [1.807, 2.05) is 109 Å². The van der Waals surface area contributed by atoms with Crippen molar-refractivity contribution in [2.45, 2.75) is 134 Å². The van der Waals surface area contributed by atoms with Gasteiger partial charge >= 0.3 is 59.7 Å². The molecule has 10 N–H and O–H groups in total. The maximum Gasteiger partial charge on any atom is 0.303 e. The number of carboxylic acids is 10. The van der Waals surface area contributed by atoms with Crippen molar-refractivity contribution in [3.8, 4) is 55.6 Å². The van der Waals surface area contributed by atoms with E-state index in [2.05, 4.69) is 79.7 Å². The summed E-state index contributed by atoms with van der Waals surface area (Å²) in [7, 11) is 0. The first-order valence-corrected chi connectivity index (χ1v) is 39.3. The summed E-state index contributed by atoms with van der Waals surface area (Å²) >= 11 is 0. The van der Waals surface area contributed by atoms with Gasteiger partial charge in [-0.15, -0.1) is 0 Å². The lowest BCUT2D eigenvalue weighted by Crippen LogP contribution is -2.63. The van der Waals surface area contributed by atoms with Crippen LogP contribution >= 0.6 is 0 Å².